The van der Waals surface area contributed by atoms with E-state index in [-0.39, 0.29) is 0 Å². The molecule has 0 N–H and O–H groups in total. The molecule has 8 nitrogen and oxygen atoms in total. The van der Waals surface area contributed by atoms with Gasteiger partial charge in [0.05, 0.1) is 24.0 Å². The Morgan fingerprint density at radius 3 is 2.66 bits per heavy atom. The first-order chi connectivity index (χ1) is 14.0. The number of fused-ring (bicyclic) bond motifs is 3. The van der Waals surface area contributed by atoms with E-state index in [0.29, 0.717) is 24.4 Å². The first-order valence-electron chi connectivity index (χ1n) is 9.09. The lowest BCUT2D eigenvalue weighted by atomic mass is 10.0. The number of aryl methyl sites for hydroxylation is 1. The largest absolute Gasteiger partial charge is 0.534 e. The van der Waals surface area contributed by atoms with E-state index in [1.54, 1.807) is 6.92 Å². The number of rotatable bonds is 3. The normalized spacial score (nSPS) is 15.0. The highest BCUT2D eigenvalue weighted by atomic mass is 16.8. The summed E-state index contributed by atoms with van der Waals surface area (Å²) in [5.74, 6) is -0.460. The molecule has 2 heterocycles. The van der Waals surface area contributed by atoms with Crippen LogP contribution >= 0.6 is 0 Å². The van der Waals surface area contributed by atoms with Crippen LogP contribution < -0.4 is 0 Å². The molecule has 0 saturated carbocycles. The number of benzene rings is 2. The third-order valence-corrected chi connectivity index (χ3v) is 4.89. The van der Waals surface area contributed by atoms with E-state index in [1.165, 1.54) is 14.0 Å². The highest BCUT2D eigenvalue weighted by Gasteiger charge is 2.22. The van der Waals surface area contributed by atoms with Crippen molar-refractivity contribution in [2.24, 2.45) is 10.3 Å². The van der Waals surface area contributed by atoms with Crippen LogP contribution in [0.25, 0.3) is 21.8 Å². The van der Waals surface area contributed by atoms with Gasteiger partial charge in [-0.05, 0) is 24.6 Å². The van der Waals surface area contributed by atoms with Crippen molar-refractivity contribution < 1.29 is 24.0 Å². The minimum absolute atomic E-state index is 0.460. The molecule has 2 aromatic carbocycles. The molecule has 4 rings (SSSR count). The Morgan fingerprint density at radius 1 is 1.07 bits per heavy atom. The van der Waals surface area contributed by atoms with Gasteiger partial charge in [0, 0.05) is 41.7 Å². The molecule has 0 aliphatic carbocycles. The molecule has 0 unspecified atom stereocenters. The van der Waals surface area contributed by atoms with E-state index in [0.717, 1.165) is 32.9 Å². The number of hydrogen-bond donors (Lipinski definition) is 0. The maximum absolute atomic E-state index is 11.3. The highest BCUT2D eigenvalue weighted by molar-refractivity contribution is 6.19. The van der Waals surface area contributed by atoms with E-state index >= 15 is 0 Å². The summed E-state index contributed by atoms with van der Waals surface area (Å²) < 4.78 is 6.72. The third-order valence-electron chi connectivity index (χ3n) is 4.89. The maximum Gasteiger partial charge on any atom is 0.534 e. The van der Waals surface area contributed by atoms with Crippen LogP contribution in [0.1, 0.15) is 31.4 Å². The van der Waals surface area contributed by atoms with E-state index in [2.05, 4.69) is 19.6 Å². The molecule has 8 heteroatoms. The number of hydrogen-bond acceptors (Lipinski definition) is 7. The Balaban J connectivity index is 1.85. The monoisotopic (exact) mass is 393 g/mol. The van der Waals surface area contributed by atoms with Gasteiger partial charge < -0.3 is 14.1 Å². The number of nitrogens with zero attached hydrogens (tertiary/aromatic N) is 3. The first-order valence-corrected chi connectivity index (χ1v) is 9.09. The standard InChI is InChI=1S/C21H19N3O5/c1-12(22-28-13(2)25)14-7-8-19-17(11-14)15-5-4-6-16-18(23-29-21(26)27-3)9-10-24(19)20(15)16/h4-8,11H,9-10H2,1-3H3/b22-12+,23-18+. The fraction of sp³-hybridized carbons (Fsp3) is 0.238. The summed E-state index contributed by atoms with van der Waals surface area (Å²) in [6.45, 7) is 3.82. The van der Waals surface area contributed by atoms with E-state index in [1.807, 2.05) is 36.4 Å². The average molecular weight is 393 g/mol. The van der Waals surface area contributed by atoms with Gasteiger partial charge >= 0.3 is 12.1 Å². The van der Waals surface area contributed by atoms with Gasteiger partial charge in [-0.1, -0.05) is 34.6 Å². The molecule has 0 bridgehead atoms. The first kappa shape index (κ1) is 18.7. The zero-order chi connectivity index (χ0) is 20.5. The van der Waals surface area contributed by atoms with Crippen molar-refractivity contribution >= 4 is 45.4 Å². The van der Waals surface area contributed by atoms with E-state index in [4.69, 9.17) is 9.68 Å². The van der Waals surface area contributed by atoms with Crippen LogP contribution in [-0.4, -0.2) is 35.2 Å². The summed E-state index contributed by atoms with van der Waals surface area (Å²) in [5.41, 5.74) is 5.22. The number of para-hydroxylation sites is 1. The van der Waals surface area contributed by atoms with Crippen molar-refractivity contribution in [1.29, 1.82) is 0 Å². The van der Waals surface area contributed by atoms with Gasteiger partial charge in [-0.15, -0.1) is 0 Å². The van der Waals surface area contributed by atoms with Crippen LogP contribution in [0, 0.1) is 0 Å². The Hall–Kier alpha value is -3.68. The Morgan fingerprint density at radius 2 is 1.90 bits per heavy atom. The van der Waals surface area contributed by atoms with E-state index in [9.17, 15) is 9.59 Å². The van der Waals surface area contributed by atoms with Crippen molar-refractivity contribution in [2.45, 2.75) is 26.8 Å². The number of oxime groups is 2. The smallest absolute Gasteiger partial charge is 0.436 e. The molecule has 1 aliphatic heterocycles. The number of carbonyl (C=O) groups excluding carboxylic acids is 2. The second-order valence-corrected chi connectivity index (χ2v) is 6.68. The number of aromatic nitrogens is 1. The van der Waals surface area contributed by atoms with Gasteiger partial charge in [0.2, 0.25) is 0 Å². The second kappa shape index (κ2) is 7.38. The average Bonchev–Trinajstić information content (AvgIpc) is 3.06. The highest BCUT2D eigenvalue weighted by Crippen LogP contribution is 2.35. The molecule has 0 atom stereocenters. The topological polar surface area (TPSA) is 91.5 Å². The number of carbonyl (C=O) groups is 2. The lowest BCUT2D eigenvalue weighted by Gasteiger charge is -2.17. The van der Waals surface area contributed by atoms with Crippen LogP contribution in [0.3, 0.4) is 0 Å². The minimum atomic E-state index is -0.844. The molecular formula is C21H19N3O5. The molecule has 0 spiro atoms. The number of ether oxygens (including phenoxy) is 1. The lowest BCUT2D eigenvalue weighted by molar-refractivity contribution is -0.140. The summed E-state index contributed by atoms with van der Waals surface area (Å²) in [4.78, 5) is 31.9. The molecule has 0 fully saturated rings. The maximum atomic E-state index is 11.3. The van der Waals surface area contributed by atoms with Crippen LogP contribution in [0.2, 0.25) is 0 Å². The van der Waals surface area contributed by atoms with Crippen molar-refractivity contribution in [2.75, 3.05) is 7.11 Å². The fourth-order valence-corrected chi connectivity index (χ4v) is 3.61. The minimum Gasteiger partial charge on any atom is -0.436 e. The van der Waals surface area contributed by atoms with Gasteiger partial charge in [-0.2, -0.15) is 0 Å². The SMILES string of the molecule is COC(=O)O/N=C1\CCn2c3ccc(/C(C)=N/OC(C)=O)cc3c3cccc1c32. The quantitative estimate of drug-likeness (QED) is 0.291. The second-order valence-electron chi connectivity index (χ2n) is 6.68. The Kier molecular flexibility index (Phi) is 4.75. The van der Waals surface area contributed by atoms with Gasteiger partial charge in [-0.25, -0.2) is 9.59 Å². The third kappa shape index (κ3) is 3.33. The Labute approximate surface area is 166 Å². The molecule has 0 radical (unpaired) electrons. The van der Waals surface area contributed by atoms with Crippen molar-refractivity contribution in [3.8, 4) is 0 Å². The molecule has 29 heavy (non-hydrogen) atoms. The van der Waals surface area contributed by atoms with Gasteiger partial charge in [0.1, 0.15) is 0 Å². The molecule has 3 aromatic rings. The summed E-state index contributed by atoms with van der Waals surface area (Å²) in [6.07, 6.45) is -0.218. The van der Waals surface area contributed by atoms with E-state index < -0.39 is 12.1 Å². The zero-order valence-corrected chi connectivity index (χ0v) is 16.3. The van der Waals surface area contributed by atoms with Crippen molar-refractivity contribution in [3.63, 3.8) is 0 Å². The van der Waals surface area contributed by atoms with Gasteiger partial charge in [0.15, 0.2) is 0 Å². The predicted octanol–water partition coefficient (Wildman–Crippen LogP) is 3.97. The van der Waals surface area contributed by atoms with Crippen LogP contribution in [-0.2, 0) is 25.8 Å². The van der Waals surface area contributed by atoms with Gasteiger partial charge in [-0.3, -0.25) is 4.84 Å². The summed E-state index contributed by atoms with van der Waals surface area (Å²) in [6, 6.07) is 12.0. The summed E-state index contributed by atoms with van der Waals surface area (Å²) in [5, 5.41) is 10.00. The van der Waals surface area contributed by atoms with Gasteiger partial charge in [0.25, 0.3) is 0 Å². The summed E-state index contributed by atoms with van der Waals surface area (Å²) >= 11 is 0. The van der Waals surface area contributed by atoms with Crippen molar-refractivity contribution in [3.05, 3.63) is 47.5 Å². The Bertz CT molecular complexity index is 1210. The fourth-order valence-electron chi connectivity index (χ4n) is 3.61. The molecule has 148 valence electrons. The van der Waals surface area contributed by atoms with Crippen LogP contribution in [0.5, 0.6) is 0 Å². The van der Waals surface area contributed by atoms with Crippen LogP contribution in [0.4, 0.5) is 4.79 Å². The number of methoxy groups -OCH3 is 1. The molecule has 1 aliphatic rings. The molecule has 0 amide bonds. The molecular weight excluding hydrogens is 374 g/mol. The molecule has 1 aromatic heterocycles. The lowest BCUT2D eigenvalue weighted by Crippen LogP contribution is -2.16. The van der Waals surface area contributed by atoms with Crippen LogP contribution in [0.15, 0.2) is 46.7 Å². The molecule has 0 saturated heterocycles. The summed E-state index contributed by atoms with van der Waals surface area (Å²) in [7, 11) is 1.24. The van der Waals surface area contributed by atoms with Crippen molar-refractivity contribution in [1.82, 2.24) is 4.57 Å². The zero-order valence-electron chi connectivity index (χ0n) is 16.3. The predicted molar refractivity (Wildman–Crippen MR) is 108 cm³/mol.